The highest BCUT2D eigenvalue weighted by atomic mass is 32.1. The number of carbonyl (C=O) groups is 2. The van der Waals surface area contributed by atoms with Gasteiger partial charge in [-0.15, -0.1) is 10.2 Å². The van der Waals surface area contributed by atoms with Gasteiger partial charge in [-0.25, -0.2) is 0 Å². The van der Waals surface area contributed by atoms with Gasteiger partial charge < -0.3 is 10.6 Å². The van der Waals surface area contributed by atoms with Gasteiger partial charge in [-0.2, -0.15) is 0 Å². The standard InChI is InChI=1S/C22H24N4O2S/c1-15-11-13-18(14-12-15)24-21(28)22-26-25-20(29-22)10-6-9-19(27)23-16(2)17-7-4-3-5-8-17/h3-5,7-8,11-14,16H,6,9-10H2,1-2H3,(H,23,27)(H,24,28)/t16-/m1/s1. The number of aromatic nitrogens is 2. The second-order valence-corrected chi connectivity index (χ2v) is 7.94. The van der Waals surface area contributed by atoms with Gasteiger partial charge in [0.25, 0.3) is 5.91 Å². The van der Waals surface area contributed by atoms with E-state index in [1.165, 1.54) is 11.3 Å². The number of nitrogens with zero attached hydrogens (tertiary/aromatic N) is 2. The van der Waals surface area contributed by atoms with Gasteiger partial charge in [0.2, 0.25) is 10.9 Å². The van der Waals surface area contributed by atoms with Crippen molar-refractivity contribution >= 4 is 28.8 Å². The van der Waals surface area contributed by atoms with E-state index in [9.17, 15) is 9.59 Å². The number of nitrogens with one attached hydrogen (secondary N) is 2. The molecule has 3 rings (SSSR count). The average Bonchev–Trinajstić information content (AvgIpc) is 3.19. The molecule has 0 fully saturated rings. The maximum Gasteiger partial charge on any atom is 0.286 e. The largest absolute Gasteiger partial charge is 0.350 e. The van der Waals surface area contributed by atoms with Crippen LogP contribution in [0.5, 0.6) is 0 Å². The number of carbonyl (C=O) groups excluding carboxylic acids is 2. The van der Waals surface area contributed by atoms with Gasteiger partial charge in [0, 0.05) is 18.5 Å². The van der Waals surface area contributed by atoms with Crippen molar-refractivity contribution in [1.82, 2.24) is 15.5 Å². The van der Waals surface area contributed by atoms with Crippen LogP contribution in [0.2, 0.25) is 0 Å². The van der Waals surface area contributed by atoms with Crippen LogP contribution in [-0.2, 0) is 11.2 Å². The molecule has 0 aliphatic carbocycles. The maximum absolute atomic E-state index is 12.3. The fourth-order valence-corrected chi connectivity index (χ4v) is 3.58. The Bertz CT molecular complexity index is 954. The number of hydrogen-bond acceptors (Lipinski definition) is 5. The van der Waals surface area contributed by atoms with Gasteiger partial charge in [0.15, 0.2) is 0 Å². The summed E-state index contributed by atoms with van der Waals surface area (Å²) < 4.78 is 0. The summed E-state index contributed by atoms with van der Waals surface area (Å²) in [4.78, 5) is 24.4. The van der Waals surface area contributed by atoms with Gasteiger partial charge in [0.1, 0.15) is 5.01 Å². The molecule has 29 heavy (non-hydrogen) atoms. The predicted octanol–water partition coefficient (Wildman–Crippen LogP) is 4.30. The second-order valence-electron chi connectivity index (χ2n) is 6.87. The quantitative estimate of drug-likeness (QED) is 0.582. The van der Waals surface area contributed by atoms with Crippen LogP contribution in [0.15, 0.2) is 54.6 Å². The Hall–Kier alpha value is -3.06. The molecule has 1 heterocycles. The third kappa shape index (κ3) is 6.22. The van der Waals surface area contributed by atoms with E-state index in [4.69, 9.17) is 0 Å². The summed E-state index contributed by atoms with van der Waals surface area (Å²) in [5.41, 5.74) is 2.93. The Morgan fingerprint density at radius 3 is 2.48 bits per heavy atom. The van der Waals surface area contributed by atoms with E-state index < -0.39 is 0 Å². The molecule has 0 unspecified atom stereocenters. The molecule has 0 saturated carbocycles. The van der Waals surface area contributed by atoms with Crippen molar-refractivity contribution < 1.29 is 9.59 Å². The number of anilines is 1. The summed E-state index contributed by atoms with van der Waals surface area (Å²) in [6, 6.07) is 17.4. The zero-order valence-electron chi connectivity index (χ0n) is 16.5. The first-order chi connectivity index (χ1) is 14.0. The Morgan fingerprint density at radius 2 is 1.76 bits per heavy atom. The summed E-state index contributed by atoms with van der Waals surface area (Å²) in [6.45, 7) is 3.96. The van der Waals surface area contributed by atoms with E-state index in [2.05, 4.69) is 20.8 Å². The fourth-order valence-electron chi connectivity index (χ4n) is 2.81. The van der Waals surface area contributed by atoms with Gasteiger partial charge in [-0.3, -0.25) is 9.59 Å². The number of hydrogen-bond donors (Lipinski definition) is 2. The highest BCUT2D eigenvalue weighted by Gasteiger charge is 2.14. The molecule has 0 spiro atoms. The summed E-state index contributed by atoms with van der Waals surface area (Å²) in [5.74, 6) is -0.268. The van der Waals surface area contributed by atoms with Crippen molar-refractivity contribution in [3.63, 3.8) is 0 Å². The van der Waals surface area contributed by atoms with E-state index in [0.717, 1.165) is 21.8 Å². The lowest BCUT2D eigenvalue weighted by Gasteiger charge is -2.14. The first kappa shape index (κ1) is 20.7. The molecule has 150 valence electrons. The molecule has 3 aromatic rings. The first-order valence-corrected chi connectivity index (χ1v) is 10.4. The van der Waals surface area contributed by atoms with Gasteiger partial charge >= 0.3 is 0 Å². The topological polar surface area (TPSA) is 84.0 Å². The summed E-state index contributed by atoms with van der Waals surface area (Å²) >= 11 is 1.26. The van der Waals surface area contributed by atoms with Crippen LogP contribution in [0.25, 0.3) is 0 Å². The number of rotatable bonds is 8. The van der Waals surface area contributed by atoms with Crippen LogP contribution in [0, 0.1) is 6.92 Å². The molecule has 0 radical (unpaired) electrons. The SMILES string of the molecule is Cc1ccc(NC(=O)c2nnc(CCCC(=O)N[C@H](C)c3ccccc3)s2)cc1. The van der Waals surface area contributed by atoms with Gasteiger partial charge in [-0.05, 0) is 38.0 Å². The van der Waals surface area contributed by atoms with Gasteiger partial charge in [0.05, 0.1) is 6.04 Å². The van der Waals surface area contributed by atoms with Crippen molar-refractivity contribution in [2.24, 2.45) is 0 Å². The number of benzene rings is 2. The molecule has 0 aliphatic heterocycles. The van der Waals surface area contributed by atoms with Crippen LogP contribution in [0.4, 0.5) is 5.69 Å². The minimum Gasteiger partial charge on any atom is -0.350 e. The van der Waals surface area contributed by atoms with E-state index in [1.54, 1.807) is 0 Å². The third-order valence-electron chi connectivity index (χ3n) is 4.44. The Labute approximate surface area is 174 Å². The molecule has 1 aromatic heterocycles. The van der Waals surface area contributed by atoms with E-state index in [1.807, 2.05) is 68.4 Å². The molecule has 2 N–H and O–H groups in total. The van der Waals surface area contributed by atoms with Crippen molar-refractivity contribution in [3.05, 3.63) is 75.7 Å². The lowest BCUT2D eigenvalue weighted by atomic mass is 10.1. The van der Waals surface area contributed by atoms with Gasteiger partial charge in [-0.1, -0.05) is 59.4 Å². The molecule has 0 saturated heterocycles. The Balaban J connectivity index is 1.43. The maximum atomic E-state index is 12.3. The normalized spacial score (nSPS) is 11.7. The average molecular weight is 409 g/mol. The van der Waals surface area contributed by atoms with Crippen LogP contribution in [0.3, 0.4) is 0 Å². The highest BCUT2D eigenvalue weighted by Crippen LogP contribution is 2.16. The monoisotopic (exact) mass is 408 g/mol. The summed E-state index contributed by atoms with van der Waals surface area (Å²) in [6.07, 6.45) is 1.67. The lowest BCUT2D eigenvalue weighted by molar-refractivity contribution is -0.121. The zero-order valence-corrected chi connectivity index (χ0v) is 17.3. The minimum absolute atomic E-state index is 0.00297. The Kier molecular flexibility index (Phi) is 7.08. The molecular formula is C22H24N4O2S. The predicted molar refractivity (Wildman–Crippen MR) is 115 cm³/mol. The second kappa shape index (κ2) is 9.93. The fraction of sp³-hybridized carbons (Fsp3) is 0.273. The van der Waals surface area contributed by atoms with E-state index in [-0.39, 0.29) is 17.9 Å². The molecule has 0 aliphatic rings. The molecule has 2 amide bonds. The molecule has 0 bridgehead atoms. The molecule has 7 heteroatoms. The third-order valence-corrected chi connectivity index (χ3v) is 5.42. The van der Waals surface area contributed by atoms with Crippen molar-refractivity contribution in [2.75, 3.05) is 5.32 Å². The van der Waals surface area contributed by atoms with E-state index in [0.29, 0.717) is 24.3 Å². The molecule has 1 atom stereocenters. The smallest absolute Gasteiger partial charge is 0.286 e. The molecule has 2 aromatic carbocycles. The summed E-state index contributed by atoms with van der Waals surface area (Å²) in [5, 5.41) is 14.9. The zero-order chi connectivity index (χ0) is 20.6. The van der Waals surface area contributed by atoms with Crippen LogP contribution in [-0.4, -0.2) is 22.0 Å². The lowest BCUT2D eigenvalue weighted by Crippen LogP contribution is -2.26. The molecular weight excluding hydrogens is 384 g/mol. The summed E-state index contributed by atoms with van der Waals surface area (Å²) in [7, 11) is 0. The van der Waals surface area contributed by atoms with Crippen molar-refractivity contribution in [3.8, 4) is 0 Å². The number of aryl methyl sites for hydroxylation is 2. The minimum atomic E-state index is -0.271. The van der Waals surface area contributed by atoms with E-state index >= 15 is 0 Å². The Morgan fingerprint density at radius 1 is 1.03 bits per heavy atom. The van der Waals surface area contributed by atoms with Crippen LogP contribution >= 0.6 is 11.3 Å². The number of amides is 2. The van der Waals surface area contributed by atoms with Crippen molar-refractivity contribution in [2.45, 2.75) is 39.2 Å². The van der Waals surface area contributed by atoms with Crippen LogP contribution < -0.4 is 10.6 Å². The highest BCUT2D eigenvalue weighted by molar-refractivity contribution is 7.13. The van der Waals surface area contributed by atoms with Crippen molar-refractivity contribution in [1.29, 1.82) is 0 Å². The first-order valence-electron chi connectivity index (χ1n) is 9.56. The van der Waals surface area contributed by atoms with Crippen LogP contribution in [0.1, 0.15) is 51.7 Å². The molecule has 6 nitrogen and oxygen atoms in total.